The Kier molecular flexibility index (Phi) is 4.70. The van der Waals surface area contributed by atoms with Gasteiger partial charge in [0.05, 0.1) is 4.92 Å². The molecule has 1 heterocycles. The van der Waals surface area contributed by atoms with Gasteiger partial charge in [-0.1, -0.05) is 6.07 Å². The summed E-state index contributed by atoms with van der Waals surface area (Å²) in [5.74, 6) is 0. The minimum atomic E-state index is -0.333. The summed E-state index contributed by atoms with van der Waals surface area (Å²) in [6, 6.07) is 5.28. The lowest BCUT2D eigenvalue weighted by molar-refractivity contribution is -0.384. The van der Waals surface area contributed by atoms with Crippen LogP contribution in [0.4, 0.5) is 11.4 Å². The summed E-state index contributed by atoms with van der Waals surface area (Å²) in [5, 5.41) is 17.5. The maximum absolute atomic E-state index is 11.0. The number of anilines is 1. The van der Waals surface area contributed by atoms with Gasteiger partial charge >= 0.3 is 0 Å². The fraction of sp³-hybridized carbons (Fsp3) is 0.538. The molecule has 0 saturated carbocycles. The lowest BCUT2D eigenvalue weighted by Crippen LogP contribution is -2.45. The molecule has 0 bridgehead atoms. The Labute approximate surface area is 112 Å². The van der Waals surface area contributed by atoms with Crippen LogP contribution in [0.3, 0.4) is 0 Å². The summed E-state index contributed by atoms with van der Waals surface area (Å²) in [7, 11) is 0. The number of nitro groups is 1. The molecule has 1 aliphatic rings. The number of piperazine rings is 1. The van der Waals surface area contributed by atoms with Crippen LogP contribution in [-0.4, -0.2) is 49.1 Å². The topological polar surface area (TPSA) is 70.4 Å². The molecule has 19 heavy (non-hydrogen) atoms. The summed E-state index contributed by atoms with van der Waals surface area (Å²) < 4.78 is 0. The second-order valence-corrected chi connectivity index (χ2v) is 4.80. The third-order valence-electron chi connectivity index (χ3n) is 3.30. The molecule has 1 fully saturated rings. The normalized spacial score (nSPS) is 16.3. The molecule has 0 radical (unpaired) electrons. The predicted molar refractivity (Wildman–Crippen MR) is 75.6 cm³/mol. The Morgan fingerprint density at radius 2 is 2.16 bits per heavy atom. The van der Waals surface area contributed by atoms with E-state index in [4.69, 9.17) is 0 Å². The predicted octanol–water partition coefficient (Wildman–Crippen LogP) is 1.22. The Morgan fingerprint density at radius 3 is 2.84 bits per heavy atom. The summed E-state index contributed by atoms with van der Waals surface area (Å²) in [5.41, 5.74) is 1.66. The Balaban J connectivity index is 1.89. The van der Waals surface area contributed by atoms with Gasteiger partial charge in [0.15, 0.2) is 0 Å². The van der Waals surface area contributed by atoms with Crippen LogP contribution in [0.15, 0.2) is 18.2 Å². The molecule has 6 heteroatoms. The molecule has 2 rings (SSSR count). The van der Waals surface area contributed by atoms with E-state index in [-0.39, 0.29) is 10.6 Å². The molecule has 0 unspecified atom stereocenters. The first-order valence-electron chi connectivity index (χ1n) is 6.59. The zero-order valence-corrected chi connectivity index (χ0v) is 11.2. The highest BCUT2D eigenvalue weighted by molar-refractivity contribution is 5.62. The van der Waals surface area contributed by atoms with Gasteiger partial charge in [0, 0.05) is 45.3 Å². The van der Waals surface area contributed by atoms with E-state index < -0.39 is 0 Å². The summed E-state index contributed by atoms with van der Waals surface area (Å²) in [6.07, 6.45) is 0. The number of aryl methyl sites for hydroxylation is 1. The zero-order valence-electron chi connectivity index (χ0n) is 11.2. The highest BCUT2D eigenvalue weighted by Crippen LogP contribution is 2.24. The summed E-state index contributed by atoms with van der Waals surface area (Å²) in [6.45, 7) is 7.61. The van der Waals surface area contributed by atoms with Crippen molar-refractivity contribution in [3.8, 4) is 0 Å². The van der Waals surface area contributed by atoms with Gasteiger partial charge in [-0.15, -0.1) is 0 Å². The van der Waals surface area contributed by atoms with Crippen LogP contribution in [0.25, 0.3) is 0 Å². The first kappa shape index (κ1) is 13.8. The van der Waals surface area contributed by atoms with Gasteiger partial charge in [0.25, 0.3) is 5.69 Å². The second kappa shape index (κ2) is 6.49. The Morgan fingerprint density at radius 1 is 1.42 bits per heavy atom. The second-order valence-electron chi connectivity index (χ2n) is 4.80. The monoisotopic (exact) mass is 264 g/mol. The minimum Gasteiger partial charge on any atom is -0.378 e. The zero-order chi connectivity index (χ0) is 13.7. The van der Waals surface area contributed by atoms with Gasteiger partial charge in [-0.2, -0.15) is 0 Å². The molecule has 104 valence electrons. The number of benzene rings is 1. The molecular weight excluding hydrogens is 244 g/mol. The molecule has 0 aromatic heterocycles. The fourth-order valence-corrected chi connectivity index (χ4v) is 2.23. The smallest absolute Gasteiger partial charge is 0.292 e. The molecule has 1 aromatic rings. The number of rotatable bonds is 5. The summed E-state index contributed by atoms with van der Waals surface area (Å²) in [4.78, 5) is 13.0. The van der Waals surface area contributed by atoms with Crippen LogP contribution in [-0.2, 0) is 0 Å². The maximum Gasteiger partial charge on any atom is 0.292 e. The molecule has 1 saturated heterocycles. The highest BCUT2D eigenvalue weighted by atomic mass is 16.6. The summed E-state index contributed by atoms with van der Waals surface area (Å²) >= 11 is 0. The van der Waals surface area contributed by atoms with Crippen molar-refractivity contribution in [3.63, 3.8) is 0 Å². The molecule has 1 aliphatic heterocycles. The van der Waals surface area contributed by atoms with Crippen molar-refractivity contribution < 1.29 is 4.92 Å². The van der Waals surface area contributed by atoms with E-state index >= 15 is 0 Å². The first-order valence-corrected chi connectivity index (χ1v) is 6.59. The van der Waals surface area contributed by atoms with E-state index in [9.17, 15) is 10.1 Å². The molecule has 1 aromatic carbocycles. The standard InChI is InChI=1S/C13H20N4O2/c1-11-2-3-12(13(10-11)17(18)19)15-6-9-16-7-4-14-5-8-16/h2-3,10,14-15H,4-9H2,1H3. The molecular formula is C13H20N4O2. The number of hydrogen-bond donors (Lipinski definition) is 2. The van der Waals surface area contributed by atoms with Crippen molar-refractivity contribution in [1.29, 1.82) is 0 Å². The van der Waals surface area contributed by atoms with Gasteiger partial charge < -0.3 is 10.6 Å². The minimum absolute atomic E-state index is 0.153. The molecule has 2 N–H and O–H groups in total. The van der Waals surface area contributed by atoms with E-state index in [1.807, 2.05) is 13.0 Å². The molecule has 6 nitrogen and oxygen atoms in total. The van der Waals surface area contributed by atoms with Crippen LogP contribution in [0.5, 0.6) is 0 Å². The third-order valence-corrected chi connectivity index (χ3v) is 3.30. The van der Waals surface area contributed by atoms with E-state index in [0.29, 0.717) is 5.69 Å². The van der Waals surface area contributed by atoms with Crippen molar-refractivity contribution in [3.05, 3.63) is 33.9 Å². The Bertz CT molecular complexity index is 444. The van der Waals surface area contributed by atoms with Crippen molar-refractivity contribution >= 4 is 11.4 Å². The Hall–Kier alpha value is -1.66. The highest BCUT2D eigenvalue weighted by Gasteiger charge is 2.14. The quantitative estimate of drug-likeness (QED) is 0.618. The lowest BCUT2D eigenvalue weighted by Gasteiger charge is -2.27. The van der Waals surface area contributed by atoms with Crippen LogP contribution >= 0.6 is 0 Å². The SMILES string of the molecule is Cc1ccc(NCCN2CCNCC2)c([N+](=O)[O-])c1. The number of nitro benzene ring substituents is 1. The van der Waals surface area contributed by atoms with Gasteiger partial charge in [-0.05, 0) is 18.6 Å². The lowest BCUT2D eigenvalue weighted by atomic mass is 10.2. The van der Waals surface area contributed by atoms with Crippen LogP contribution < -0.4 is 10.6 Å². The number of nitrogens with one attached hydrogen (secondary N) is 2. The number of hydrogen-bond acceptors (Lipinski definition) is 5. The molecule has 0 amide bonds. The first-order chi connectivity index (χ1) is 9.16. The van der Waals surface area contributed by atoms with Crippen molar-refractivity contribution in [1.82, 2.24) is 10.2 Å². The van der Waals surface area contributed by atoms with Crippen molar-refractivity contribution in [2.45, 2.75) is 6.92 Å². The van der Waals surface area contributed by atoms with Crippen LogP contribution in [0.2, 0.25) is 0 Å². The fourth-order valence-electron chi connectivity index (χ4n) is 2.23. The maximum atomic E-state index is 11.0. The average Bonchev–Trinajstić information content (AvgIpc) is 2.41. The van der Waals surface area contributed by atoms with E-state index in [1.54, 1.807) is 12.1 Å². The van der Waals surface area contributed by atoms with E-state index in [0.717, 1.165) is 44.8 Å². The van der Waals surface area contributed by atoms with Crippen molar-refractivity contribution in [2.75, 3.05) is 44.6 Å². The largest absolute Gasteiger partial charge is 0.378 e. The molecule has 0 atom stereocenters. The van der Waals surface area contributed by atoms with Crippen LogP contribution in [0.1, 0.15) is 5.56 Å². The van der Waals surface area contributed by atoms with Gasteiger partial charge in [0.1, 0.15) is 5.69 Å². The van der Waals surface area contributed by atoms with Gasteiger partial charge in [-0.3, -0.25) is 15.0 Å². The number of nitrogens with zero attached hydrogens (tertiary/aromatic N) is 2. The van der Waals surface area contributed by atoms with E-state index in [2.05, 4.69) is 15.5 Å². The van der Waals surface area contributed by atoms with Gasteiger partial charge in [-0.25, -0.2) is 0 Å². The van der Waals surface area contributed by atoms with E-state index in [1.165, 1.54) is 0 Å². The van der Waals surface area contributed by atoms with Gasteiger partial charge in [0.2, 0.25) is 0 Å². The van der Waals surface area contributed by atoms with Crippen LogP contribution in [0, 0.1) is 17.0 Å². The average molecular weight is 264 g/mol. The van der Waals surface area contributed by atoms with Crippen molar-refractivity contribution in [2.24, 2.45) is 0 Å². The molecule has 0 spiro atoms. The third kappa shape index (κ3) is 3.90. The molecule has 0 aliphatic carbocycles.